The predicted octanol–water partition coefficient (Wildman–Crippen LogP) is 2.65. The largest absolute Gasteiger partial charge is 0.390 e. The predicted molar refractivity (Wildman–Crippen MR) is 64.7 cm³/mol. The minimum atomic E-state index is -0.849. The molecule has 1 aromatic rings. The van der Waals surface area contributed by atoms with E-state index in [1.807, 2.05) is 6.92 Å². The maximum Gasteiger partial charge on any atom is 0.137 e. The molecule has 0 radical (unpaired) electrons. The van der Waals surface area contributed by atoms with E-state index in [2.05, 4.69) is 15.9 Å². The molecule has 2 nitrogen and oxygen atoms in total. The Morgan fingerprint density at radius 3 is 2.62 bits per heavy atom. The van der Waals surface area contributed by atoms with Gasteiger partial charge in [0.25, 0.3) is 0 Å². The Bertz CT molecular complexity index is 344. The molecule has 0 aliphatic heterocycles. The lowest BCUT2D eigenvalue weighted by atomic mass is 10.0. The van der Waals surface area contributed by atoms with E-state index in [0.29, 0.717) is 16.5 Å². The molecule has 2 N–H and O–H groups in total. The zero-order valence-electron chi connectivity index (χ0n) is 9.16. The molecule has 2 atom stereocenters. The van der Waals surface area contributed by atoms with E-state index >= 15 is 0 Å². The van der Waals surface area contributed by atoms with Crippen LogP contribution in [0.2, 0.25) is 0 Å². The summed E-state index contributed by atoms with van der Waals surface area (Å²) < 4.78 is 13.5. The van der Waals surface area contributed by atoms with Gasteiger partial charge in [0.15, 0.2) is 0 Å². The monoisotopic (exact) mass is 290 g/mol. The number of aliphatic hydroxyl groups is 2. The average Bonchev–Trinajstić information content (AvgIpc) is 2.25. The highest BCUT2D eigenvalue weighted by Gasteiger charge is 2.17. The number of hydrogen-bond donors (Lipinski definition) is 2. The number of benzene rings is 1. The van der Waals surface area contributed by atoms with Crippen molar-refractivity contribution < 1.29 is 14.6 Å². The molecule has 0 fully saturated rings. The van der Waals surface area contributed by atoms with Crippen molar-refractivity contribution in [3.05, 3.63) is 34.1 Å². The Hall–Kier alpha value is -0.450. The highest BCUT2D eigenvalue weighted by Crippen LogP contribution is 2.22. The van der Waals surface area contributed by atoms with Crippen molar-refractivity contribution in [2.45, 2.75) is 38.4 Å². The van der Waals surface area contributed by atoms with Gasteiger partial charge in [-0.2, -0.15) is 0 Å². The average molecular weight is 291 g/mol. The molecule has 0 spiro atoms. The van der Waals surface area contributed by atoms with Crippen molar-refractivity contribution in [2.24, 2.45) is 0 Å². The molecule has 0 heterocycles. The smallest absolute Gasteiger partial charge is 0.137 e. The third-order valence-electron chi connectivity index (χ3n) is 2.49. The van der Waals surface area contributed by atoms with E-state index in [0.717, 1.165) is 6.42 Å². The van der Waals surface area contributed by atoms with Crippen LogP contribution in [0.4, 0.5) is 4.39 Å². The summed E-state index contributed by atoms with van der Waals surface area (Å²) >= 11 is 3.13. The molecule has 0 saturated carbocycles. The highest BCUT2D eigenvalue weighted by molar-refractivity contribution is 9.10. The molecule has 0 amide bonds. The van der Waals surface area contributed by atoms with E-state index in [-0.39, 0.29) is 12.2 Å². The third-order valence-corrected chi connectivity index (χ3v) is 3.38. The summed E-state index contributed by atoms with van der Waals surface area (Å²) in [6.45, 7) is 1.94. The molecule has 0 aliphatic rings. The molecule has 2 unspecified atom stereocenters. The number of aliphatic hydroxyl groups excluding tert-OH is 2. The first-order chi connectivity index (χ1) is 7.56. The molecule has 4 heteroatoms. The molecule has 0 saturated heterocycles. The van der Waals surface area contributed by atoms with Crippen molar-refractivity contribution in [1.82, 2.24) is 0 Å². The van der Waals surface area contributed by atoms with Crippen LogP contribution in [-0.4, -0.2) is 22.4 Å². The first kappa shape index (κ1) is 13.6. The Labute approximate surface area is 103 Å². The van der Waals surface area contributed by atoms with Gasteiger partial charge in [-0.1, -0.05) is 25.5 Å². The van der Waals surface area contributed by atoms with Crippen molar-refractivity contribution in [3.63, 3.8) is 0 Å². The summed E-state index contributed by atoms with van der Waals surface area (Å²) in [6, 6.07) is 4.67. The zero-order valence-corrected chi connectivity index (χ0v) is 10.7. The lowest BCUT2D eigenvalue weighted by molar-refractivity contribution is 0.0147. The van der Waals surface area contributed by atoms with Crippen LogP contribution in [-0.2, 0) is 6.42 Å². The summed E-state index contributed by atoms with van der Waals surface area (Å²) in [4.78, 5) is 0. The topological polar surface area (TPSA) is 40.5 Å². The first-order valence-corrected chi connectivity index (χ1v) is 6.14. The molecule has 0 aromatic heterocycles. The van der Waals surface area contributed by atoms with E-state index < -0.39 is 12.2 Å². The summed E-state index contributed by atoms with van der Waals surface area (Å²) in [7, 11) is 0. The van der Waals surface area contributed by atoms with Crippen molar-refractivity contribution >= 4 is 15.9 Å². The minimum Gasteiger partial charge on any atom is -0.390 e. The summed E-state index contributed by atoms with van der Waals surface area (Å²) in [5.41, 5.74) is 0.669. The Morgan fingerprint density at radius 1 is 1.31 bits per heavy atom. The Balaban J connectivity index is 2.69. The molecular weight excluding hydrogens is 275 g/mol. The highest BCUT2D eigenvalue weighted by atomic mass is 79.9. The van der Waals surface area contributed by atoms with Crippen LogP contribution in [0.3, 0.4) is 0 Å². The lowest BCUT2D eigenvalue weighted by Gasteiger charge is -2.17. The second kappa shape index (κ2) is 6.33. The molecule has 16 heavy (non-hydrogen) atoms. The van der Waals surface area contributed by atoms with Gasteiger partial charge in [0, 0.05) is 6.42 Å². The molecule has 1 rings (SSSR count). The van der Waals surface area contributed by atoms with Crippen LogP contribution in [0.15, 0.2) is 22.7 Å². The van der Waals surface area contributed by atoms with Gasteiger partial charge >= 0.3 is 0 Å². The van der Waals surface area contributed by atoms with Crippen LogP contribution in [0.5, 0.6) is 0 Å². The summed E-state index contributed by atoms with van der Waals surface area (Å²) in [6.07, 6.45) is 0.00843. The van der Waals surface area contributed by atoms with Crippen LogP contribution >= 0.6 is 15.9 Å². The SMILES string of the molecule is CCCC(O)C(O)Cc1cccc(F)c1Br. The maximum atomic E-state index is 13.2. The fourth-order valence-corrected chi connectivity index (χ4v) is 1.98. The summed E-state index contributed by atoms with van der Waals surface area (Å²) in [5, 5.41) is 19.3. The number of hydrogen-bond acceptors (Lipinski definition) is 2. The van der Waals surface area contributed by atoms with Crippen LogP contribution in [0.25, 0.3) is 0 Å². The fourth-order valence-electron chi connectivity index (χ4n) is 1.56. The van der Waals surface area contributed by atoms with Gasteiger partial charge in [-0.05, 0) is 34.0 Å². The van der Waals surface area contributed by atoms with E-state index in [1.165, 1.54) is 6.07 Å². The molecule has 0 bridgehead atoms. The maximum absolute atomic E-state index is 13.2. The van der Waals surface area contributed by atoms with E-state index in [9.17, 15) is 14.6 Å². The third kappa shape index (κ3) is 3.54. The van der Waals surface area contributed by atoms with Gasteiger partial charge in [-0.25, -0.2) is 4.39 Å². The molecular formula is C12H16BrFO2. The van der Waals surface area contributed by atoms with Crippen LogP contribution in [0, 0.1) is 5.82 Å². The normalized spacial score (nSPS) is 14.8. The van der Waals surface area contributed by atoms with Gasteiger partial charge in [-0.3, -0.25) is 0 Å². The second-order valence-electron chi connectivity index (χ2n) is 3.84. The molecule has 90 valence electrons. The van der Waals surface area contributed by atoms with Gasteiger partial charge in [0.1, 0.15) is 5.82 Å². The fraction of sp³-hybridized carbons (Fsp3) is 0.500. The molecule has 1 aromatic carbocycles. The van der Waals surface area contributed by atoms with Gasteiger partial charge in [-0.15, -0.1) is 0 Å². The molecule has 0 aliphatic carbocycles. The minimum absolute atomic E-state index is 0.250. The lowest BCUT2D eigenvalue weighted by Crippen LogP contribution is -2.27. The second-order valence-corrected chi connectivity index (χ2v) is 4.63. The van der Waals surface area contributed by atoms with Gasteiger partial charge < -0.3 is 10.2 Å². The van der Waals surface area contributed by atoms with Gasteiger partial charge in [0.05, 0.1) is 16.7 Å². The van der Waals surface area contributed by atoms with Crippen LogP contribution in [0.1, 0.15) is 25.3 Å². The van der Waals surface area contributed by atoms with E-state index in [4.69, 9.17) is 0 Å². The van der Waals surface area contributed by atoms with Crippen LogP contribution < -0.4 is 0 Å². The van der Waals surface area contributed by atoms with E-state index in [1.54, 1.807) is 12.1 Å². The van der Waals surface area contributed by atoms with Crippen molar-refractivity contribution in [1.29, 1.82) is 0 Å². The zero-order chi connectivity index (χ0) is 12.1. The standard InChI is InChI=1S/C12H16BrFO2/c1-2-4-10(15)11(16)7-8-5-3-6-9(14)12(8)13/h3,5-6,10-11,15-16H,2,4,7H2,1H3. The van der Waals surface area contributed by atoms with Crippen molar-refractivity contribution in [2.75, 3.05) is 0 Å². The number of rotatable bonds is 5. The first-order valence-electron chi connectivity index (χ1n) is 5.35. The van der Waals surface area contributed by atoms with Gasteiger partial charge in [0.2, 0.25) is 0 Å². The summed E-state index contributed by atoms with van der Waals surface area (Å²) in [5.74, 6) is -0.352. The Morgan fingerprint density at radius 2 is 2.00 bits per heavy atom. The number of halogens is 2. The quantitative estimate of drug-likeness (QED) is 0.875. The van der Waals surface area contributed by atoms with Crippen molar-refractivity contribution in [3.8, 4) is 0 Å². The Kier molecular flexibility index (Phi) is 5.38.